The Morgan fingerprint density at radius 1 is 1.05 bits per heavy atom. The van der Waals surface area contributed by atoms with Crippen LogP contribution in [0, 0.1) is 23.7 Å². The molecule has 1 amide bonds. The molecule has 0 radical (unpaired) electrons. The first kappa shape index (κ1) is 29.7. The zero-order valence-corrected chi connectivity index (χ0v) is 23.6. The number of carbonyl (C=O) groups is 5. The van der Waals surface area contributed by atoms with E-state index in [-0.39, 0.29) is 17.9 Å². The second-order valence-electron chi connectivity index (χ2n) is 11.8. The van der Waals surface area contributed by atoms with E-state index in [0.717, 1.165) is 12.0 Å². The highest BCUT2D eigenvalue weighted by molar-refractivity contribution is 6.32. The van der Waals surface area contributed by atoms with Crippen LogP contribution in [0.25, 0.3) is 0 Å². The molecule has 3 aliphatic carbocycles. The smallest absolute Gasteiger partial charge is 0.235 e. The lowest BCUT2D eigenvalue weighted by Crippen LogP contribution is -2.77. The number of aromatic hydroxyl groups is 1. The molecule has 0 saturated heterocycles. The van der Waals surface area contributed by atoms with Crippen molar-refractivity contribution in [3.63, 3.8) is 0 Å². The fraction of sp³-hybridized carbons (Fsp3) is 0.452. The monoisotopic (exact) mass is 577 g/mol. The molecular formula is C31H35N3O8. The number of phenols is 1. The molecule has 5 rings (SSSR count). The molecule has 2 aromatic carbocycles. The van der Waals surface area contributed by atoms with E-state index in [9.17, 15) is 39.3 Å². The first-order chi connectivity index (χ1) is 19.8. The Kier molecular flexibility index (Phi) is 7.65. The molecular weight excluding hydrogens is 542 g/mol. The maximum absolute atomic E-state index is 14.0. The number of nitrogens with two attached hydrogens (primary N) is 1. The summed E-state index contributed by atoms with van der Waals surface area (Å²) in [6.07, 6.45) is -0.907. The Morgan fingerprint density at radius 3 is 2.33 bits per heavy atom. The van der Waals surface area contributed by atoms with Crippen molar-refractivity contribution in [2.45, 2.75) is 43.6 Å². The van der Waals surface area contributed by atoms with Crippen LogP contribution in [0.15, 0.2) is 42.5 Å². The average Bonchev–Trinajstić information content (AvgIpc) is 2.94. The number of hydrogen-bond acceptors (Lipinski definition) is 10. The Balaban J connectivity index is 1.51. The third-order valence-electron chi connectivity index (χ3n) is 9.32. The third-order valence-corrected chi connectivity index (χ3v) is 9.32. The quantitative estimate of drug-likeness (QED) is 0.217. The summed E-state index contributed by atoms with van der Waals surface area (Å²) in [5, 5.41) is 37.8. The molecule has 42 heavy (non-hydrogen) atoms. The highest BCUT2D eigenvalue weighted by atomic mass is 16.3. The second-order valence-corrected chi connectivity index (χ2v) is 11.8. The molecule has 11 nitrogen and oxygen atoms in total. The third kappa shape index (κ3) is 4.30. The van der Waals surface area contributed by atoms with E-state index < -0.39 is 76.4 Å². The Labute approximate surface area is 242 Å². The van der Waals surface area contributed by atoms with E-state index in [4.69, 9.17) is 5.73 Å². The number of phenolic OH excluding ortho intramolecular Hbond substituents is 1. The number of Topliss-reactive ketones (excluding diaryl/α,β-unsaturated/α-hetero) is 4. The number of ketones is 4. The molecule has 6 N–H and O–H groups in total. The van der Waals surface area contributed by atoms with Gasteiger partial charge in [0.2, 0.25) is 5.91 Å². The van der Waals surface area contributed by atoms with Crippen LogP contribution in [-0.4, -0.2) is 87.6 Å². The van der Waals surface area contributed by atoms with Crippen LogP contribution in [0.5, 0.6) is 5.75 Å². The zero-order valence-electron chi connectivity index (χ0n) is 23.6. The number of nitrogens with one attached hydrogen (secondary N) is 1. The van der Waals surface area contributed by atoms with Gasteiger partial charge in [-0.1, -0.05) is 49.4 Å². The van der Waals surface area contributed by atoms with Crippen LogP contribution in [0.3, 0.4) is 0 Å². The molecule has 11 heteroatoms. The molecule has 0 bridgehead atoms. The molecule has 0 heterocycles. The number of likely N-dealkylation sites (N-methyl/N-ethyl adjacent to an activating group) is 1. The van der Waals surface area contributed by atoms with Gasteiger partial charge in [0.05, 0.1) is 29.5 Å². The van der Waals surface area contributed by atoms with E-state index in [1.54, 1.807) is 19.1 Å². The highest BCUT2D eigenvalue weighted by Crippen LogP contribution is 2.54. The van der Waals surface area contributed by atoms with Crippen LogP contribution < -0.4 is 11.1 Å². The molecule has 0 spiro atoms. The van der Waals surface area contributed by atoms with E-state index in [0.29, 0.717) is 17.7 Å². The maximum Gasteiger partial charge on any atom is 0.235 e. The average molecular weight is 578 g/mol. The van der Waals surface area contributed by atoms with E-state index >= 15 is 0 Å². The van der Waals surface area contributed by atoms with Crippen molar-refractivity contribution in [3.05, 3.63) is 64.7 Å². The van der Waals surface area contributed by atoms with Gasteiger partial charge >= 0.3 is 0 Å². The Hall–Kier alpha value is -3.77. The summed E-state index contributed by atoms with van der Waals surface area (Å²) in [5.41, 5.74) is 4.19. The van der Waals surface area contributed by atoms with Crippen molar-refractivity contribution in [3.8, 4) is 5.75 Å². The van der Waals surface area contributed by atoms with Gasteiger partial charge in [0, 0.05) is 18.0 Å². The summed E-state index contributed by atoms with van der Waals surface area (Å²) in [7, 11) is 2.91. The van der Waals surface area contributed by atoms with E-state index in [2.05, 4.69) is 5.32 Å². The first-order valence-corrected chi connectivity index (χ1v) is 14.0. The molecule has 222 valence electrons. The van der Waals surface area contributed by atoms with Crippen molar-refractivity contribution in [2.75, 3.05) is 20.6 Å². The number of nitrogens with zero attached hydrogens (tertiary/aromatic N) is 1. The summed E-state index contributed by atoms with van der Waals surface area (Å²) in [4.78, 5) is 68.2. The number of benzene rings is 2. The number of fused-ring (bicyclic) bond motifs is 3. The van der Waals surface area contributed by atoms with E-state index in [1.807, 2.05) is 30.3 Å². The van der Waals surface area contributed by atoms with Crippen LogP contribution in [0.1, 0.15) is 39.9 Å². The van der Waals surface area contributed by atoms with Crippen LogP contribution in [-0.2, 0) is 32.1 Å². The van der Waals surface area contributed by atoms with Gasteiger partial charge in [-0.25, -0.2) is 0 Å². The largest absolute Gasteiger partial charge is 0.507 e. The molecule has 0 aromatic heterocycles. The molecule has 2 aromatic rings. The van der Waals surface area contributed by atoms with Gasteiger partial charge in [-0.15, -0.1) is 0 Å². The van der Waals surface area contributed by atoms with Crippen LogP contribution >= 0.6 is 0 Å². The van der Waals surface area contributed by atoms with Crippen molar-refractivity contribution in [2.24, 2.45) is 29.4 Å². The SMILES string of the molecule is C[C@H]1c2ccc(CNCCc3ccccc3)c(O)c2C(=O)C2C(=O)[C@]3(O)C(=O)C(C(N)=O)C(=O)[C@@H](N(C)C)[C@@H]3[C@@H](O)[C@@H]21. The van der Waals surface area contributed by atoms with Gasteiger partial charge in [-0.05, 0) is 44.1 Å². The minimum Gasteiger partial charge on any atom is -0.507 e. The summed E-state index contributed by atoms with van der Waals surface area (Å²) in [5.74, 6) is -13.2. The lowest BCUT2D eigenvalue weighted by Gasteiger charge is -2.56. The lowest BCUT2D eigenvalue weighted by molar-refractivity contribution is -0.196. The number of rotatable bonds is 7. The van der Waals surface area contributed by atoms with E-state index in [1.165, 1.54) is 19.0 Å². The molecule has 3 aliphatic rings. The van der Waals surface area contributed by atoms with Crippen LogP contribution in [0.4, 0.5) is 0 Å². The fourth-order valence-electron chi connectivity index (χ4n) is 7.28. The first-order valence-electron chi connectivity index (χ1n) is 14.0. The Bertz CT molecular complexity index is 1470. The van der Waals surface area contributed by atoms with Gasteiger partial charge in [-0.2, -0.15) is 0 Å². The number of aliphatic hydroxyl groups excluding tert-OH is 1. The number of amides is 1. The normalized spacial score (nSPS) is 32.4. The van der Waals surface area contributed by atoms with Crippen molar-refractivity contribution < 1.29 is 39.3 Å². The molecule has 2 fully saturated rings. The van der Waals surface area contributed by atoms with Gasteiger partial charge in [0.15, 0.2) is 34.7 Å². The van der Waals surface area contributed by atoms with Crippen LogP contribution in [0.2, 0.25) is 0 Å². The van der Waals surface area contributed by atoms with Gasteiger partial charge in [0.1, 0.15) is 5.75 Å². The minimum atomic E-state index is -3.01. The summed E-state index contributed by atoms with van der Waals surface area (Å²) in [6, 6.07) is 11.8. The zero-order chi connectivity index (χ0) is 30.7. The fourth-order valence-corrected chi connectivity index (χ4v) is 7.28. The molecule has 2 saturated carbocycles. The lowest BCUT2D eigenvalue weighted by atomic mass is 9.49. The number of hydrogen-bond donors (Lipinski definition) is 5. The predicted octanol–water partition coefficient (Wildman–Crippen LogP) is -0.269. The van der Waals surface area contributed by atoms with Gasteiger partial charge in [0.25, 0.3) is 0 Å². The number of primary amides is 1. The van der Waals surface area contributed by atoms with Gasteiger partial charge < -0.3 is 26.4 Å². The summed E-state index contributed by atoms with van der Waals surface area (Å²) < 4.78 is 0. The highest BCUT2D eigenvalue weighted by Gasteiger charge is 2.72. The van der Waals surface area contributed by atoms with Crippen molar-refractivity contribution in [1.82, 2.24) is 10.2 Å². The topological polar surface area (TPSA) is 187 Å². The Morgan fingerprint density at radius 2 is 1.71 bits per heavy atom. The number of carbonyl (C=O) groups excluding carboxylic acids is 5. The van der Waals surface area contributed by atoms with Crippen molar-refractivity contribution >= 4 is 29.0 Å². The summed E-state index contributed by atoms with van der Waals surface area (Å²) in [6.45, 7) is 2.52. The number of aliphatic hydroxyl groups is 2. The molecule has 2 unspecified atom stereocenters. The second kappa shape index (κ2) is 10.8. The minimum absolute atomic E-state index is 0.108. The van der Waals surface area contributed by atoms with Gasteiger partial charge in [-0.3, -0.25) is 28.9 Å². The molecule has 8 atom stereocenters. The predicted molar refractivity (Wildman–Crippen MR) is 149 cm³/mol. The standard InChI is InChI=1S/C31H35N3O8/c1-14-17-10-9-16(13-33-12-11-15-7-5-4-6-8-15)24(35)19(17)25(36)20-18(14)26(37)22-23(34(2)3)27(38)21(30(32)41)29(40)31(22,42)28(20)39/h4-10,14,18,20-23,26,33,35,37,42H,11-13H2,1-3H3,(H2,32,41)/t14-,18+,20?,21?,22+,23-,26-,31-/m0/s1. The van der Waals surface area contributed by atoms with Crippen molar-refractivity contribution in [1.29, 1.82) is 0 Å². The molecule has 0 aliphatic heterocycles. The maximum atomic E-state index is 14.0. The summed E-state index contributed by atoms with van der Waals surface area (Å²) >= 11 is 0.